The maximum Gasteiger partial charge on any atom is 0.214 e. The average molecular weight is 518 g/mol. The SMILES string of the molecule is CCCCn1\c(=C/C=C(Cl)/C=C/C2=[N+](CCCC)c3cccc4cccc2c34)c2cccc3cccc1c32. The van der Waals surface area contributed by atoms with Crippen molar-refractivity contribution in [1.29, 1.82) is 0 Å². The number of benzene rings is 4. The highest BCUT2D eigenvalue weighted by Crippen LogP contribution is 2.35. The molecule has 0 N–H and O–H groups in total. The van der Waals surface area contributed by atoms with E-state index in [1.54, 1.807) is 0 Å². The molecule has 1 aliphatic heterocycles. The number of allylic oxidation sites excluding steroid dienone is 4. The molecule has 0 atom stereocenters. The molecule has 0 saturated heterocycles. The van der Waals surface area contributed by atoms with E-state index in [4.69, 9.17) is 11.6 Å². The van der Waals surface area contributed by atoms with E-state index in [0.29, 0.717) is 0 Å². The van der Waals surface area contributed by atoms with Gasteiger partial charge in [0.25, 0.3) is 0 Å². The molecule has 0 amide bonds. The van der Waals surface area contributed by atoms with Crippen LogP contribution in [0.2, 0.25) is 0 Å². The number of rotatable bonds is 9. The van der Waals surface area contributed by atoms with Crippen molar-refractivity contribution >= 4 is 61.5 Å². The van der Waals surface area contributed by atoms with Gasteiger partial charge < -0.3 is 4.57 Å². The Morgan fingerprint density at radius 2 is 1.55 bits per heavy atom. The lowest BCUT2D eigenvalue weighted by Crippen LogP contribution is -2.16. The Morgan fingerprint density at radius 1 is 0.842 bits per heavy atom. The van der Waals surface area contributed by atoms with E-state index in [1.165, 1.54) is 54.8 Å². The van der Waals surface area contributed by atoms with Gasteiger partial charge in [-0.25, -0.2) is 0 Å². The first kappa shape index (κ1) is 24.7. The van der Waals surface area contributed by atoms with E-state index < -0.39 is 0 Å². The van der Waals surface area contributed by atoms with Crippen molar-refractivity contribution in [2.45, 2.75) is 46.1 Å². The molecule has 0 unspecified atom stereocenters. The molecule has 4 aromatic carbocycles. The van der Waals surface area contributed by atoms with E-state index in [2.05, 4.69) is 120 Å². The van der Waals surface area contributed by atoms with E-state index >= 15 is 0 Å². The van der Waals surface area contributed by atoms with E-state index in [0.717, 1.165) is 43.8 Å². The van der Waals surface area contributed by atoms with Gasteiger partial charge in [0, 0.05) is 51.8 Å². The highest BCUT2D eigenvalue weighted by Gasteiger charge is 2.29. The summed E-state index contributed by atoms with van der Waals surface area (Å²) in [7, 11) is 0. The Balaban J connectivity index is 1.42. The summed E-state index contributed by atoms with van der Waals surface area (Å²) in [5.74, 6) is 0. The highest BCUT2D eigenvalue weighted by atomic mass is 35.5. The molecule has 0 bridgehead atoms. The molecule has 0 spiro atoms. The lowest BCUT2D eigenvalue weighted by molar-refractivity contribution is -0.436. The molecule has 0 radical (unpaired) electrons. The third-order valence-corrected chi connectivity index (χ3v) is 8.00. The summed E-state index contributed by atoms with van der Waals surface area (Å²) in [6.07, 6.45) is 13.1. The molecule has 2 nitrogen and oxygen atoms in total. The molecule has 5 aromatic rings. The second kappa shape index (κ2) is 10.6. The van der Waals surface area contributed by atoms with E-state index in [1.807, 2.05) is 0 Å². The molecular weight excluding hydrogens is 484 g/mol. The summed E-state index contributed by atoms with van der Waals surface area (Å²) < 4.78 is 4.92. The minimum absolute atomic E-state index is 0.724. The largest absolute Gasteiger partial charge is 0.340 e. The fraction of sp³-hybridized carbons (Fsp3) is 0.229. The lowest BCUT2D eigenvalue weighted by atomic mass is 10.0. The Labute approximate surface area is 229 Å². The van der Waals surface area contributed by atoms with Crippen molar-refractivity contribution in [3.05, 3.63) is 107 Å². The van der Waals surface area contributed by atoms with Crippen molar-refractivity contribution < 1.29 is 4.58 Å². The monoisotopic (exact) mass is 517 g/mol. The molecule has 0 saturated carbocycles. The minimum atomic E-state index is 0.724. The van der Waals surface area contributed by atoms with Crippen LogP contribution in [0, 0.1) is 0 Å². The summed E-state index contributed by atoms with van der Waals surface area (Å²) in [6, 6.07) is 26.4. The quantitative estimate of drug-likeness (QED) is 0.136. The molecule has 2 heterocycles. The average Bonchev–Trinajstić information content (AvgIpc) is 3.42. The number of hydrogen-bond donors (Lipinski definition) is 0. The van der Waals surface area contributed by atoms with E-state index in [9.17, 15) is 0 Å². The van der Waals surface area contributed by atoms with Gasteiger partial charge in [-0.2, -0.15) is 4.58 Å². The zero-order chi connectivity index (χ0) is 26.1. The summed E-state index contributed by atoms with van der Waals surface area (Å²) in [5.41, 5.74) is 5.12. The third kappa shape index (κ3) is 4.27. The molecule has 1 aliphatic rings. The topological polar surface area (TPSA) is 7.94 Å². The number of unbranched alkanes of at least 4 members (excludes halogenated alkanes) is 2. The molecule has 1 aromatic heterocycles. The Kier molecular flexibility index (Phi) is 6.91. The normalized spacial score (nSPS) is 14.4. The molecule has 3 heteroatoms. The molecule has 0 fully saturated rings. The number of nitrogens with zero attached hydrogens (tertiary/aromatic N) is 2. The molecule has 6 rings (SSSR count). The van der Waals surface area contributed by atoms with Gasteiger partial charge in [0.1, 0.15) is 6.54 Å². The number of aryl methyl sites for hydroxylation is 1. The molecule has 0 aliphatic carbocycles. The minimum Gasteiger partial charge on any atom is -0.340 e. The number of hydrogen-bond acceptors (Lipinski definition) is 0. The van der Waals surface area contributed by atoms with Gasteiger partial charge in [-0.3, -0.25) is 0 Å². The Bertz CT molecular complexity index is 1790. The van der Waals surface area contributed by atoms with Crippen LogP contribution in [-0.4, -0.2) is 21.4 Å². The first-order chi connectivity index (χ1) is 18.7. The van der Waals surface area contributed by atoms with Crippen LogP contribution in [0.5, 0.6) is 0 Å². The summed E-state index contributed by atoms with van der Waals surface area (Å²) >= 11 is 6.85. The van der Waals surface area contributed by atoms with Crippen LogP contribution < -0.4 is 5.35 Å². The van der Waals surface area contributed by atoms with E-state index in [-0.39, 0.29) is 0 Å². The molecular formula is C35H34ClN2+. The standard InChI is InChI=1S/C35H34ClN2/c1-3-5-23-37-30(28-15-7-11-25-13-9-17-32(37)34(25)28)21-19-27(36)20-22-31-29-16-8-12-26-14-10-18-33(35(26)29)38(31)24-6-4-2/h7-22H,3-6,23-24H2,1-2H3/q+1. The Morgan fingerprint density at radius 3 is 2.34 bits per heavy atom. The lowest BCUT2D eigenvalue weighted by Gasteiger charge is -2.05. The van der Waals surface area contributed by atoms with Gasteiger partial charge in [-0.05, 0) is 47.6 Å². The van der Waals surface area contributed by atoms with Gasteiger partial charge >= 0.3 is 0 Å². The van der Waals surface area contributed by atoms with Crippen molar-refractivity contribution in [3.8, 4) is 0 Å². The third-order valence-electron chi connectivity index (χ3n) is 7.75. The number of halogens is 1. The predicted molar refractivity (Wildman–Crippen MR) is 165 cm³/mol. The fourth-order valence-corrected chi connectivity index (χ4v) is 6.04. The van der Waals surface area contributed by atoms with Gasteiger partial charge in [0.2, 0.25) is 11.4 Å². The van der Waals surface area contributed by atoms with Crippen molar-refractivity contribution in [3.63, 3.8) is 0 Å². The van der Waals surface area contributed by atoms with Crippen LogP contribution >= 0.6 is 11.6 Å². The van der Waals surface area contributed by atoms with Crippen molar-refractivity contribution in [1.82, 2.24) is 4.57 Å². The predicted octanol–water partition coefficient (Wildman–Crippen LogP) is 8.87. The molecule has 38 heavy (non-hydrogen) atoms. The first-order valence-corrected chi connectivity index (χ1v) is 14.3. The maximum atomic E-state index is 6.85. The first-order valence-electron chi connectivity index (χ1n) is 13.9. The second-order valence-electron chi connectivity index (χ2n) is 10.2. The maximum absolute atomic E-state index is 6.85. The van der Waals surface area contributed by atoms with Crippen LogP contribution in [0.1, 0.15) is 45.1 Å². The Hall–Kier alpha value is -3.62. The summed E-state index contributed by atoms with van der Waals surface area (Å²) in [5, 5.41) is 8.51. The van der Waals surface area contributed by atoms with Crippen LogP contribution in [0.3, 0.4) is 0 Å². The van der Waals surface area contributed by atoms with Gasteiger partial charge in [-0.1, -0.05) is 92.9 Å². The van der Waals surface area contributed by atoms with Crippen LogP contribution in [0.15, 0.2) is 96.1 Å². The summed E-state index contributed by atoms with van der Waals surface area (Å²) in [4.78, 5) is 0. The van der Waals surface area contributed by atoms with Crippen molar-refractivity contribution in [2.75, 3.05) is 6.54 Å². The zero-order valence-electron chi connectivity index (χ0n) is 22.3. The zero-order valence-corrected chi connectivity index (χ0v) is 23.0. The number of aromatic nitrogens is 1. The summed E-state index contributed by atoms with van der Waals surface area (Å²) in [6.45, 7) is 6.50. The van der Waals surface area contributed by atoms with Crippen LogP contribution in [-0.2, 0) is 6.54 Å². The highest BCUT2D eigenvalue weighted by molar-refractivity contribution is 6.32. The fourth-order valence-electron chi connectivity index (χ4n) is 5.92. The van der Waals surface area contributed by atoms with Gasteiger partial charge in [0.05, 0.1) is 10.9 Å². The van der Waals surface area contributed by atoms with Gasteiger partial charge in [-0.15, -0.1) is 0 Å². The van der Waals surface area contributed by atoms with Crippen LogP contribution in [0.25, 0.3) is 38.5 Å². The van der Waals surface area contributed by atoms with Crippen molar-refractivity contribution in [2.24, 2.45) is 0 Å². The molecule has 190 valence electrons. The van der Waals surface area contributed by atoms with Crippen LogP contribution in [0.4, 0.5) is 5.69 Å². The second-order valence-corrected chi connectivity index (χ2v) is 10.6. The van der Waals surface area contributed by atoms with Gasteiger partial charge in [0.15, 0.2) is 0 Å². The smallest absolute Gasteiger partial charge is 0.214 e.